The molecule has 3 heterocycles. The normalized spacial score (nSPS) is 14.6. The van der Waals surface area contributed by atoms with Gasteiger partial charge in [0, 0.05) is 42.8 Å². The molecule has 3 aromatic rings. The van der Waals surface area contributed by atoms with Crippen LogP contribution in [0.3, 0.4) is 0 Å². The van der Waals surface area contributed by atoms with Crippen LogP contribution in [-0.2, 0) is 13.1 Å². The third-order valence-electron chi connectivity index (χ3n) is 5.79. The average Bonchev–Trinajstić information content (AvgIpc) is 3.34. The molecule has 1 saturated heterocycles. The maximum atomic E-state index is 13.0. The first-order valence-corrected chi connectivity index (χ1v) is 12.1. The number of thiophene rings is 1. The van der Waals surface area contributed by atoms with Crippen molar-refractivity contribution in [3.63, 3.8) is 0 Å². The second kappa shape index (κ2) is 9.80. The highest BCUT2D eigenvalue weighted by Gasteiger charge is 2.25. The van der Waals surface area contributed by atoms with Gasteiger partial charge in [0.1, 0.15) is 11.4 Å². The molecule has 0 radical (unpaired) electrons. The van der Waals surface area contributed by atoms with Crippen LogP contribution in [0, 0.1) is 24.0 Å². The Hall–Kier alpha value is -2.46. The number of rotatable bonds is 6. The Morgan fingerprint density at radius 1 is 1.15 bits per heavy atom. The van der Waals surface area contributed by atoms with Gasteiger partial charge in [-0.1, -0.05) is 29.3 Å². The lowest BCUT2D eigenvalue weighted by atomic mass is 10.2. The van der Waals surface area contributed by atoms with Crippen molar-refractivity contribution in [2.24, 2.45) is 0 Å². The highest BCUT2D eigenvalue weighted by atomic mass is 35.5. The van der Waals surface area contributed by atoms with E-state index in [2.05, 4.69) is 10.00 Å². The molecule has 1 amide bonds. The predicted octanol–water partition coefficient (Wildman–Crippen LogP) is 4.78. The van der Waals surface area contributed by atoms with Gasteiger partial charge in [-0.05, 0) is 48.6 Å². The predicted molar refractivity (Wildman–Crippen MR) is 129 cm³/mol. The number of nitro groups is 1. The molecule has 1 aromatic carbocycles. The molecule has 0 bridgehead atoms. The van der Waals surface area contributed by atoms with Gasteiger partial charge >= 0.3 is 5.69 Å². The number of hydrogen-bond donors (Lipinski definition) is 0. The first-order chi connectivity index (χ1) is 15.7. The van der Waals surface area contributed by atoms with E-state index in [0.29, 0.717) is 45.9 Å². The van der Waals surface area contributed by atoms with Crippen molar-refractivity contribution in [3.05, 3.63) is 77.2 Å². The molecule has 0 unspecified atom stereocenters. The van der Waals surface area contributed by atoms with Crippen LogP contribution in [0.15, 0.2) is 29.6 Å². The molecule has 174 valence electrons. The number of aromatic nitrogens is 2. The summed E-state index contributed by atoms with van der Waals surface area (Å²) in [5.41, 5.74) is 2.86. The molecular weight excluding hydrogens is 485 g/mol. The Kier molecular flexibility index (Phi) is 7.04. The molecule has 11 heteroatoms. The van der Waals surface area contributed by atoms with Crippen LogP contribution < -0.4 is 0 Å². The lowest BCUT2D eigenvalue weighted by Gasteiger charge is -2.34. The minimum atomic E-state index is -0.405. The molecule has 1 aliphatic rings. The molecule has 0 aliphatic carbocycles. The van der Waals surface area contributed by atoms with Crippen molar-refractivity contribution in [2.75, 3.05) is 26.2 Å². The van der Waals surface area contributed by atoms with E-state index in [-0.39, 0.29) is 11.6 Å². The van der Waals surface area contributed by atoms with Crippen molar-refractivity contribution in [2.45, 2.75) is 26.9 Å². The summed E-state index contributed by atoms with van der Waals surface area (Å²) in [5.74, 6) is 0.00905. The van der Waals surface area contributed by atoms with Gasteiger partial charge in [-0.15, -0.1) is 11.3 Å². The summed E-state index contributed by atoms with van der Waals surface area (Å²) in [7, 11) is 0. The molecule has 0 atom stereocenters. The molecule has 0 spiro atoms. The van der Waals surface area contributed by atoms with Crippen LogP contribution in [0.2, 0.25) is 10.0 Å². The van der Waals surface area contributed by atoms with Gasteiger partial charge in [-0.2, -0.15) is 5.10 Å². The molecular formula is C22H23Cl2N5O3S. The van der Waals surface area contributed by atoms with Gasteiger partial charge in [-0.25, -0.2) is 0 Å². The zero-order valence-electron chi connectivity index (χ0n) is 18.3. The zero-order valence-corrected chi connectivity index (χ0v) is 20.6. The molecule has 0 saturated carbocycles. The second-order valence-electron chi connectivity index (χ2n) is 8.06. The van der Waals surface area contributed by atoms with Gasteiger partial charge in [-0.3, -0.25) is 24.5 Å². The number of aryl methyl sites for hydroxylation is 1. The van der Waals surface area contributed by atoms with Crippen LogP contribution in [-0.4, -0.2) is 56.6 Å². The van der Waals surface area contributed by atoms with E-state index in [1.54, 1.807) is 24.6 Å². The molecule has 33 heavy (non-hydrogen) atoms. The number of amides is 1. The molecule has 2 aromatic heterocycles. The minimum Gasteiger partial charge on any atom is -0.335 e. The number of benzene rings is 1. The maximum absolute atomic E-state index is 13.0. The number of carbonyl (C=O) groups excluding carboxylic acids is 1. The summed E-state index contributed by atoms with van der Waals surface area (Å²) >= 11 is 13.7. The number of piperazine rings is 1. The van der Waals surface area contributed by atoms with E-state index >= 15 is 0 Å². The Balaban J connectivity index is 1.35. The lowest BCUT2D eigenvalue weighted by Crippen LogP contribution is -2.48. The molecule has 1 aliphatic heterocycles. The van der Waals surface area contributed by atoms with Crippen molar-refractivity contribution in [3.8, 4) is 0 Å². The van der Waals surface area contributed by atoms with Crippen LogP contribution in [0.5, 0.6) is 0 Å². The molecule has 8 nitrogen and oxygen atoms in total. The molecule has 1 fully saturated rings. The summed E-state index contributed by atoms with van der Waals surface area (Å²) in [5, 5.41) is 18.7. The van der Waals surface area contributed by atoms with Gasteiger partial charge in [0.2, 0.25) is 0 Å². The monoisotopic (exact) mass is 507 g/mol. The highest BCUT2D eigenvalue weighted by molar-refractivity contribution is 7.12. The van der Waals surface area contributed by atoms with Crippen molar-refractivity contribution in [1.29, 1.82) is 0 Å². The number of carbonyl (C=O) groups is 1. The Labute approximate surface area is 205 Å². The first-order valence-electron chi connectivity index (χ1n) is 10.4. The van der Waals surface area contributed by atoms with Gasteiger partial charge in [0.05, 0.1) is 16.3 Å². The number of halogens is 2. The average molecular weight is 508 g/mol. The third-order valence-corrected chi connectivity index (χ3v) is 7.35. The van der Waals surface area contributed by atoms with Gasteiger partial charge in [0.15, 0.2) is 0 Å². The number of hydrogen-bond acceptors (Lipinski definition) is 6. The fourth-order valence-electron chi connectivity index (χ4n) is 4.00. The fourth-order valence-corrected chi connectivity index (χ4v) is 5.34. The third kappa shape index (κ3) is 5.22. The van der Waals surface area contributed by atoms with E-state index in [0.717, 1.165) is 30.8 Å². The highest BCUT2D eigenvalue weighted by Crippen LogP contribution is 2.25. The number of nitrogens with zero attached hydrogens (tertiary/aromatic N) is 5. The minimum absolute atomic E-state index is 0.00905. The largest absolute Gasteiger partial charge is 0.335 e. The van der Waals surface area contributed by atoms with E-state index in [4.69, 9.17) is 23.2 Å². The standard InChI is InChI=1S/C22H23Cl2N5O3S/c1-14-21(29(31)32)15(2)28(25-14)11-16-9-20(33-13-16)22(30)27-7-5-26(6-8-27)12-17-3-4-18(23)10-19(17)24/h3-4,9-10,13H,5-8,11-12H2,1-2H3. The van der Waals surface area contributed by atoms with E-state index in [1.165, 1.54) is 11.3 Å². The topological polar surface area (TPSA) is 84.5 Å². The van der Waals surface area contributed by atoms with Crippen LogP contribution in [0.1, 0.15) is 32.2 Å². The Morgan fingerprint density at radius 3 is 2.52 bits per heavy atom. The smallest absolute Gasteiger partial charge is 0.312 e. The Morgan fingerprint density at radius 2 is 1.88 bits per heavy atom. The van der Waals surface area contributed by atoms with Crippen molar-refractivity contribution >= 4 is 46.1 Å². The summed E-state index contributed by atoms with van der Waals surface area (Å²) in [6.45, 7) is 7.23. The molecule has 0 N–H and O–H groups in total. The van der Waals surface area contributed by atoms with Crippen LogP contribution in [0.4, 0.5) is 5.69 Å². The van der Waals surface area contributed by atoms with E-state index in [1.807, 2.05) is 28.5 Å². The fraction of sp³-hybridized carbons (Fsp3) is 0.364. The first kappa shape index (κ1) is 23.7. The Bertz CT molecular complexity index is 1200. The van der Waals surface area contributed by atoms with Crippen molar-refractivity contribution < 1.29 is 9.72 Å². The van der Waals surface area contributed by atoms with Crippen LogP contribution in [0.25, 0.3) is 0 Å². The van der Waals surface area contributed by atoms with E-state index in [9.17, 15) is 14.9 Å². The second-order valence-corrected chi connectivity index (χ2v) is 9.81. The van der Waals surface area contributed by atoms with Gasteiger partial charge in [0.25, 0.3) is 5.91 Å². The SMILES string of the molecule is Cc1nn(Cc2csc(C(=O)N3CCN(Cc4ccc(Cl)cc4Cl)CC3)c2)c(C)c1[N+](=O)[O-]. The van der Waals surface area contributed by atoms with Gasteiger partial charge < -0.3 is 4.90 Å². The van der Waals surface area contributed by atoms with Crippen molar-refractivity contribution in [1.82, 2.24) is 19.6 Å². The lowest BCUT2D eigenvalue weighted by molar-refractivity contribution is -0.386. The quantitative estimate of drug-likeness (QED) is 0.353. The maximum Gasteiger partial charge on any atom is 0.312 e. The summed E-state index contributed by atoms with van der Waals surface area (Å²) in [4.78, 5) is 28.6. The molecule has 4 rings (SSSR count). The zero-order chi connectivity index (χ0) is 23.7. The summed E-state index contributed by atoms with van der Waals surface area (Å²) in [6, 6.07) is 7.37. The van der Waals surface area contributed by atoms with E-state index < -0.39 is 4.92 Å². The summed E-state index contributed by atoms with van der Waals surface area (Å²) in [6.07, 6.45) is 0. The van der Waals surface area contributed by atoms with Crippen LogP contribution >= 0.6 is 34.5 Å². The summed E-state index contributed by atoms with van der Waals surface area (Å²) < 4.78 is 1.62.